The number of nitrogens with zero attached hydrogens (tertiary/aromatic N) is 1. The SMILES string of the molecule is O=C(O)CS(=O)(=O)N1CCC(CCO)C1. The van der Waals surface area contributed by atoms with Crippen molar-refractivity contribution in [3.8, 4) is 0 Å². The molecule has 0 saturated carbocycles. The molecule has 0 aromatic carbocycles. The number of carbonyl (C=O) groups is 1. The lowest BCUT2D eigenvalue weighted by atomic mass is 10.1. The molecule has 0 aromatic heterocycles. The van der Waals surface area contributed by atoms with Gasteiger partial charge in [-0.3, -0.25) is 4.79 Å². The fourth-order valence-electron chi connectivity index (χ4n) is 1.72. The van der Waals surface area contributed by atoms with E-state index in [1.54, 1.807) is 0 Å². The van der Waals surface area contributed by atoms with Crippen molar-refractivity contribution in [2.75, 3.05) is 25.4 Å². The molecular formula is C8H15NO5S. The maximum Gasteiger partial charge on any atom is 0.320 e. The first-order valence-electron chi connectivity index (χ1n) is 4.76. The molecule has 1 aliphatic rings. The Morgan fingerprint density at radius 2 is 2.13 bits per heavy atom. The van der Waals surface area contributed by atoms with Crippen molar-refractivity contribution in [3.63, 3.8) is 0 Å². The summed E-state index contributed by atoms with van der Waals surface area (Å²) < 4.78 is 24.1. The minimum absolute atomic E-state index is 0.0392. The summed E-state index contributed by atoms with van der Waals surface area (Å²) in [6, 6.07) is 0. The second kappa shape index (κ2) is 4.91. The quantitative estimate of drug-likeness (QED) is 0.646. The highest BCUT2D eigenvalue weighted by atomic mass is 32.2. The molecule has 0 spiro atoms. The van der Waals surface area contributed by atoms with Crippen LogP contribution in [-0.4, -0.2) is 54.4 Å². The Kier molecular flexibility index (Phi) is 4.06. The lowest BCUT2D eigenvalue weighted by Gasteiger charge is -2.14. The summed E-state index contributed by atoms with van der Waals surface area (Å²) in [7, 11) is -3.66. The predicted molar refractivity (Wildman–Crippen MR) is 52.8 cm³/mol. The average molecular weight is 237 g/mol. The number of hydrogen-bond donors (Lipinski definition) is 2. The van der Waals surface area contributed by atoms with Gasteiger partial charge in [0.2, 0.25) is 10.0 Å². The zero-order valence-electron chi connectivity index (χ0n) is 8.29. The molecule has 1 heterocycles. The van der Waals surface area contributed by atoms with Crippen LogP contribution in [0, 0.1) is 5.92 Å². The van der Waals surface area contributed by atoms with Crippen molar-refractivity contribution in [2.45, 2.75) is 12.8 Å². The van der Waals surface area contributed by atoms with Crippen LogP contribution in [0.5, 0.6) is 0 Å². The fourth-order valence-corrected chi connectivity index (χ4v) is 3.03. The number of aliphatic hydroxyl groups excluding tert-OH is 1. The molecule has 2 N–H and O–H groups in total. The van der Waals surface area contributed by atoms with E-state index >= 15 is 0 Å². The molecule has 1 saturated heterocycles. The molecule has 7 heteroatoms. The van der Waals surface area contributed by atoms with Crippen LogP contribution in [0.4, 0.5) is 0 Å². The van der Waals surface area contributed by atoms with Gasteiger partial charge >= 0.3 is 5.97 Å². The van der Waals surface area contributed by atoms with Crippen molar-refractivity contribution in [1.82, 2.24) is 4.31 Å². The van der Waals surface area contributed by atoms with E-state index in [1.165, 1.54) is 4.31 Å². The van der Waals surface area contributed by atoms with Crippen LogP contribution in [0.25, 0.3) is 0 Å². The number of aliphatic carboxylic acids is 1. The maximum atomic E-state index is 11.5. The van der Waals surface area contributed by atoms with Gasteiger partial charge in [-0.05, 0) is 18.8 Å². The lowest BCUT2D eigenvalue weighted by Crippen LogP contribution is -2.33. The van der Waals surface area contributed by atoms with Gasteiger partial charge in [-0.2, -0.15) is 0 Å². The van der Waals surface area contributed by atoms with E-state index in [4.69, 9.17) is 10.2 Å². The van der Waals surface area contributed by atoms with Crippen LogP contribution in [0.15, 0.2) is 0 Å². The van der Waals surface area contributed by atoms with Crippen molar-refractivity contribution in [2.24, 2.45) is 5.92 Å². The van der Waals surface area contributed by atoms with Gasteiger partial charge in [0, 0.05) is 19.7 Å². The average Bonchev–Trinajstić information content (AvgIpc) is 2.51. The second-order valence-electron chi connectivity index (χ2n) is 3.67. The minimum Gasteiger partial charge on any atom is -0.480 e. The molecule has 1 atom stereocenters. The van der Waals surface area contributed by atoms with Gasteiger partial charge in [-0.15, -0.1) is 0 Å². The number of aliphatic hydroxyl groups is 1. The third kappa shape index (κ3) is 3.44. The third-order valence-corrected chi connectivity index (χ3v) is 4.22. The molecule has 1 fully saturated rings. The van der Waals surface area contributed by atoms with Gasteiger partial charge < -0.3 is 10.2 Å². The van der Waals surface area contributed by atoms with Crippen molar-refractivity contribution >= 4 is 16.0 Å². The van der Waals surface area contributed by atoms with Crippen LogP contribution in [-0.2, 0) is 14.8 Å². The molecule has 0 radical (unpaired) electrons. The molecule has 0 bridgehead atoms. The summed E-state index contributed by atoms with van der Waals surface area (Å²) in [4.78, 5) is 10.3. The van der Waals surface area contributed by atoms with E-state index in [0.29, 0.717) is 25.9 Å². The summed E-state index contributed by atoms with van der Waals surface area (Å²) in [5.74, 6) is -2.03. The molecule has 88 valence electrons. The molecular weight excluding hydrogens is 222 g/mol. The highest BCUT2D eigenvalue weighted by molar-refractivity contribution is 7.89. The lowest BCUT2D eigenvalue weighted by molar-refractivity contribution is -0.134. The topological polar surface area (TPSA) is 94.9 Å². The summed E-state index contributed by atoms with van der Waals surface area (Å²) >= 11 is 0. The van der Waals surface area contributed by atoms with E-state index in [2.05, 4.69) is 0 Å². The zero-order chi connectivity index (χ0) is 11.5. The Labute approximate surface area is 88.6 Å². The minimum atomic E-state index is -3.66. The molecule has 6 nitrogen and oxygen atoms in total. The monoisotopic (exact) mass is 237 g/mol. The van der Waals surface area contributed by atoms with Gasteiger partial charge in [-0.25, -0.2) is 12.7 Å². The van der Waals surface area contributed by atoms with Crippen LogP contribution in [0.2, 0.25) is 0 Å². The van der Waals surface area contributed by atoms with E-state index in [-0.39, 0.29) is 12.5 Å². The summed E-state index contributed by atoms with van der Waals surface area (Å²) in [6.07, 6.45) is 1.26. The van der Waals surface area contributed by atoms with Crippen LogP contribution in [0.3, 0.4) is 0 Å². The molecule has 0 aromatic rings. The van der Waals surface area contributed by atoms with E-state index in [0.717, 1.165) is 0 Å². The Balaban J connectivity index is 2.56. The van der Waals surface area contributed by atoms with Crippen LogP contribution < -0.4 is 0 Å². The number of hydrogen-bond acceptors (Lipinski definition) is 4. The third-order valence-electron chi connectivity index (χ3n) is 2.49. The fraction of sp³-hybridized carbons (Fsp3) is 0.875. The van der Waals surface area contributed by atoms with Crippen molar-refractivity contribution in [3.05, 3.63) is 0 Å². The van der Waals surface area contributed by atoms with Crippen molar-refractivity contribution < 1.29 is 23.4 Å². The first kappa shape index (κ1) is 12.4. The van der Waals surface area contributed by atoms with Gasteiger partial charge in [0.05, 0.1) is 0 Å². The second-order valence-corrected chi connectivity index (χ2v) is 5.64. The highest BCUT2D eigenvalue weighted by Gasteiger charge is 2.32. The number of carboxylic acids is 1. The molecule has 1 unspecified atom stereocenters. The Morgan fingerprint density at radius 1 is 1.47 bits per heavy atom. The van der Waals surface area contributed by atoms with Gasteiger partial charge in [0.1, 0.15) is 0 Å². The molecule has 15 heavy (non-hydrogen) atoms. The standard InChI is InChI=1S/C8H15NO5S/c10-4-2-7-1-3-9(5-7)15(13,14)6-8(11)12/h7,10H,1-6H2,(H,11,12). The smallest absolute Gasteiger partial charge is 0.320 e. The maximum absolute atomic E-state index is 11.5. The number of carboxylic acid groups (broad SMARTS) is 1. The Morgan fingerprint density at radius 3 is 2.67 bits per heavy atom. The number of sulfonamides is 1. The molecule has 0 aliphatic carbocycles. The van der Waals surface area contributed by atoms with Crippen LogP contribution >= 0.6 is 0 Å². The first-order valence-corrected chi connectivity index (χ1v) is 6.37. The summed E-state index contributed by atoms with van der Waals surface area (Å²) in [5.41, 5.74) is 0. The molecule has 1 rings (SSSR count). The number of rotatable bonds is 5. The Hall–Kier alpha value is -0.660. The van der Waals surface area contributed by atoms with Crippen molar-refractivity contribution in [1.29, 1.82) is 0 Å². The van der Waals surface area contributed by atoms with Crippen LogP contribution in [0.1, 0.15) is 12.8 Å². The summed E-state index contributed by atoms with van der Waals surface area (Å²) in [6.45, 7) is 0.730. The first-order chi connectivity index (χ1) is 6.95. The normalized spacial score (nSPS) is 23.1. The Bertz CT molecular complexity index is 326. The molecule has 1 aliphatic heterocycles. The molecule has 0 amide bonds. The highest BCUT2D eigenvalue weighted by Crippen LogP contribution is 2.21. The van der Waals surface area contributed by atoms with E-state index in [1.807, 2.05) is 0 Å². The van der Waals surface area contributed by atoms with Gasteiger partial charge in [0.25, 0.3) is 0 Å². The van der Waals surface area contributed by atoms with E-state index < -0.39 is 21.7 Å². The van der Waals surface area contributed by atoms with Gasteiger partial charge in [0.15, 0.2) is 5.75 Å². The zero-order valence-corrected chi connectivity index (χ0v) is 9.11. The summed E-state index contributed by atoms with van der Waals surface area (Å²) in [5, 5.41) is 17.1. The largest absolute Gasteiger partial charge is 0.480 e. The van der Waals surface area contributed by atoms with E-state index in [9.17, 15) is 13.2 Å². The predicted octanol–water partition coefficient (Wildman–Crippen LogP) is -0.895. The van der Waals surface area contributed by atoms with Gasteiger partial charge in [-0.1, -0.05) is 0 Å².